The topological polar surface area (TPSA) is 26.0 Å². The minimum atomic E-state index is -4.38. The maximum absolute atomic E-state index is 13.1. The van der Waals surface area contributed by atoms with E-state index in [0.29, 0.717) is 9.35 Å². The van der Waals surface area contributed by atoms with E-state index in [4.69, 9.17) is 5.73 Å². The Labute approximate surface area is 127 Å². The van der Waals surface area contributed by atoms with Gasteiger partial charge in [0.25, 0.3) is 0 Å². The van der Waals surface area contributed by atoms with Crippen molar-refractivity contribution in [3.05, 3.63) is 45.2 Å². The molecule has 2 N–H and O–H groups in total. The number of alkyl halides is 3. The summed E-state index contributed by atoms with van der Waals surface area (Å²) >= 11 is 4.40. The molecule has 1 aromatic heterocycles. The normalized spacial score (nSPS) is 13.5. The summed E-state index contributed by atoms with van der Waals surface area (Å²) in [6, 6.07) is 7.58. The SMILES string of the molecule is CCC(N)c1ccc(-c2ccc(Br)cc2C(F)(F)F)s1. The third-order valence-electron chi connectivity index (χ3n) is 2.98. The quantitative estimate of drug-likeness (QED) is 0.753. The zero-order valence-corrected chi connectivity index (χ0v) is 13.1. The summed E-state index contributed by atoms with van der Waals surface area (Å²) < 4.78 is 39.7. The first-order valence-electron chi connectivity index (χ1n) is 6.05. The van der Waals surface area contributed by atoms with Crippen LogP contribution in [0.15, 0.2) is 34.8 Å². The Bertz CT molecular complexity index is 607. The van der Waals surface area contributed by atoms with Crippen LogP contribution < -0.4 is 5.73 Å². The van der Waals surface area contributed by atoms with Gasteiger partial charge in [-0.15, -0.1) is 11.3 Å². The van der Waals surface area contributed by atoms with Gasteiger partial charge < -0.3 is 5.73 Å². The predicted molar refractivity (Wildman–Crippen MR) is 79.7 cm³/mol. The first-order chi connectivity index (χ1) is 9.32. The number of hydrogen-bond donors (Lipinski definition) is 1. The van der Waals surface area contributed by atoms with Crippen molar-refractivity contribution in [1.29, 1.82) is 0 Å². The minimum Gasteiger partial charge on any atom is -0.323 e. The number of thiophene rings is 1. The fourth-order valence-corrected chi connectivity index (χ4v) is 3.36. The van der Waals surface area contributed by atoms with Gasteiger partial charge in [-0.3, -0.25) is 0 Å². The molecule has 2 aromatic rings. The van der Waals surface area contributed by atoms with Crippen molar-refractivity contribution in [2.45, 2.75) is 25.6 Å². The first kappa shape index (κ1) is 15.5. The molecular weight excluding hydrogens is 351 g/mol. The average Bonchev–Trinajstić information content (AvgIpc) is 2.86. The lowest BCUT2D eigenvalue weighted by molar-refractivity contribution is -0.137. The summed E-state index contributed by atoms with van der Waals surface area (Å²) in [6.07, 6.45) is -3.62. The summed E-state index contributed by atoms with van der Waals surface area (Å²) in [7, 11) is 0. The van der Waals surface area contributed by atoms with Crippen LogP contribution in [0, 0.1) is 0 Å². The summed E-state index contributed by atoms with van der Waals surface area (Å²) in [5, 5.41) is 0. The van der Waals surface area contributed by atoms with E-state index in [9.17, 15) is 13.2 Å². The van der Waals surface area contributed by atoms with E-state index in [2.05, 4.69) is 15.9 Å². The van der Waals surface area contributed by atoms with Gasteiger partial charge in [0.15, 0.2) is 0 Å². The van der Waals surface area contributed by atoms with Crippen LogP contribution in [0.3, 0.4) is 0 Å². The molecule has 0 aliphatic carbocycles. The molecule has 6 heteroatoms. The molecule has 1 aromatic carbocycles. The Morgan fingerprint density at radius 2 is 1.95 bits per heavy atom. The molecule has 0 saturated heterocycles. The number of hydrogen-bond acceptors (Lipinski definition) is 2. The first-order valence-corrected chi connectivity index (χ1v) is 7.66. The number of rotatable bonds is 3. The fourth-order valence-electron chi connectivity index (χ4n) is 1.86. The molecule has 108 valence electrons. The average molecular weight is 364 g/mol. The van der Waals surface area contributed by atoms with E-state index < -0.39 is 11.7 Å². The number of halogens is 4. The second-order valence-electron chi connectivity index (χ2n) is 4.40. The molecule has 0 spiro atoms. The maximum atomic E-state index is 13.1. The Balaban J connectivity index is 2.50. The highest BCUT2D eigenvalue weighted by Gasteiger charge is 2.34. The van der Waals surface area contributed by atoms with Crippen molar-refractivity contribution in [1.82, 2.24) is 0 Å². The van der Waals surface area contributed by atoms with E-state index in [1.165, 1.54) is 17.4 Å². The zero-order chi connectivity index (χ0) is 14.9. The highest BCUT2D eigenvalue weighted by molar-refractivity contribution is 9.10. The van der Waals surface area contributed by atoms with Crippen LogP contribution in [0.4, 0.5) is 13.2 Å². The molecular formula is C14H13BrF3NS. The summed E-state index contributed by atoms with van der Waals surface area (Å²) in [5.41, 5.74) is 5.48. The Morgan fingerprint density at radius 1 is 1.25 bits per heavy atom. The minimum absolute atomic E-state index is 0.126. The van der Waals surface area contributed by atoms with Gasteiger partial charge in [0.05, 0.1) is 5.56 Å². The molecule has 2 rings (SSSR count). The van der Waals surface area contributed by atoms with Crippen LogP contribution in [-0.4, -0.2) is 0 Å². The highest BCUT2D eigenvalue weighted by Crippen LogP contribution is 2.41. The van der Waals surface area contributed by atoms with Crippen LogP contribution in [0.25, 0.3) is 10.4 Å². The Morgan fingerprint density at radius 3 is 2.55 bits per heavy atom. The molecule has 1 heterocycles. The van der Waals surface area contributed by atoms with Crippen molar-refractivity contribution in [3.63, 3.8) is 0 Å². The zero-order valence-electron chi connectivity index (χ0n) is 10.7. The van der Waals surface area contributed by atoms with Gasteiger partial charge in [-0.2, -0.15) is 13.2 Å². The number of nitrogens with two attached hydrogens (primary N) is 1. The standard InChI is InChI=1S/C14H13BrF3NS/c1-2-11(19)13-6-5-12(20-13)9-4-3-8(15)7-10(9)14(16,17)18/h3-7,11H,2,19H2,1H3. The third-order valence-corrected chi connectivity index (χ3v) is 4.73. The highest BCUT2D eigenvalue weighted by atomic mass is 79.9. The van der Waals surface area contributed by atoms with E-state index in [0.717, 1.165) is 17.4 Å². The molecule has 0 fully saturated rings. The predicted octanol–water partition coefficient (Wildman–Crippen LogP) is 5.61. The largest absolute Gasteiger partial charge is 0.417 e. The number of benzene rings is 1. The van der Waals surface area contributed by atoms with E-state index in [-0.39, 0.29) is 11.6 Å². The van der Waals surface area contributed by atoms with Crippen molar-refractivity contribution < 1.29 is 13.2 Å². The van der Waals surface area contributed by atoms with Crippen LogP contribution in [0.2, 0.25) is 0 Å². The van der Waals surface area contributed by atoms with Crippen LogP contribution >= 0.6 is 27.3 Å². The Kier molecular flexibility index (Phi) is 4.56. The lowest BCUT2D eigenvalue weighted by atomic mass is 10.1. The second-order valence-corrected chi connectivity index (χ2v) is 6.44. The van der Waals surface area contributed by atoms with Crippen LogP contribution in [0.5, 0.6) is 0 Å². The lowest BCUT2D eigenvalue weighted by Gasteiger charge is -2.12. The van der Waals surface area contributed by atoms with E-state index in [1.807, 2.05) is 6.92 Å². The van der Waals surface area contributed by atoms with E-state index >= 15 is 0 Å². The smallest absolute Gasteiger partial charge is 0.323 e. The van der Waals surface area contributed by atoms with Gasteiger partial charge in [-0.1, -0.05) is 28.9 Å². The maximum Gasteiger partial charge on any atom is 0.417 e. The van der Waals surface area contributed by atoms with Crippen LogP contribution in [0.1, 0.15) is 29.8 Å². The fraction of sp³-hybridized carbons (Fsp3) is 0.286. The van der Waals surface area contributed by atoms with Crippen molar-refractivity contribution in [2.75, 3.05) is 0 Å². The van der Waals surface area contributed by atoms with Gasteiger partial charge >= 0.3 is 6.18 Å². The molecule has 1 nitrogen and oxygen atoms in total. The van der Waals surface area contributed by atoms with Crippen molar-refractivity contribution in [2.24, 2.45) is 5.73 Å². The molecule has 20 heavy (non-hydrogen) atoms. The molecule has 1 atom stereocenters. The van der Waals surface area contributed by atoms with Gasteiger partial charge in [0, 0.05) is 25.8 Å². The summed E-state index contributed by atoms with van der Waals surface area (Å²) in [4.78, 5) is 1.49. The monoisotopic (exact) mass is 363 g/mol. The molecule has 0 bridgehead atoms. The summed E-state index contributed by atoms with van der Waals surface area (Å²) in [5.74, 6) is 0. The Hall–Kier alpha value is -0.850. The molecule has 0 aliphatic rings. The molecule has 0 radical (unpaired) electrons. The van der Waals surface area contributed by atoms with Crippen molar-refractivity contribution >= 4 is 27.3 Å². The van der Waals surface area contributed by atoms with Gasteiger partial charge in [0.1, 0.15) is 0 Å². The molecule has 1 unspecified atom stereocenters. The molecule has 0 aliphatic heterocycles. The summed E-state index contributed by atoms with van der Waals surface area (Å²) in [6.45, 7) is 1.95. The van der Waals surface area contributed by atoms with Gasteiger partial charge in [-0.05, 0) is 30.7 Å². The van der Waals surface area contributed by atoms with Gasteiger partial charge in [0.2, 0.25) is 0 Å². The van der Waals surface area contributed by atoms with E-state index in [1.54, 1.807) is 18.2 Å². The van der Waals surface area contributed by atoms with Crippen LogP contribution in [-0.2, 0) is 6.18 Å². The second kappa shape index (κ2) is 5.87. The van der Waals surface area contributed by atoms with Gasteiger partial charge in [-0.25, -0.2) is 0 Å². The lowest BCUT2D eigenvalue weighted by Crippen LogP contribution is -2.07. The molecule has 0 amide bonds. The third kappa shape index (κ3) is 3.24. The molecule has 0 saturated carbocycles. The van der Waals surface area contributed by atoms with Crippen molar-refractivity contribution in [3.8, 4) is 10.4 Å².